The lowest BCUT2D eigenvalue weighted by Gasteiger charge is -2.27. The van der Waals surface area contributed by atoms with Gasteiger partial charge in [0.15, 0.2) is 11.5 Å². The highest BCUT2D eigenvalue weighted by Crippen LogP contribution is 2.45. The first kappa shape index (κ1) is 26.7. The van der Waals surface area contributed by atoms with Crippen molar-refractivity contribution in [2.75, 3.05) is 13.2 Å². The fourth-order valence-corrected chi connectivity index (χ4v) is 4.93. The fourth-order valence-electron chi connectivity index (χ4n) is 4.93. The second kappa shape index (κ2) is 11.1. The summed E-state index contributed by atoms with van der Waals surface area (Å²) in [6.07, 6.45) is 0.880. The number of rotatable bonds is 8. The number of nitrogens with two attached hydrogens (primary N) is 1. The highest BCUT2D eigenvalue weighted by Gasteiger charge is 2.32. The van der Waals surface area contributed by atoms with Gasteiger partial charge < -0.3 is 29.1 Å². The summed E-state index contributed by atoms with van der Waals surface area (Å²) in [5.41, 5.74) is 10.4. The van der Waals surface area contributed by atoms with Crippen LogP contribution < -0.4 is 24.7 Å². The molecule has 2 N–H and O–H groups in total. The molecule has 0 amide bonds. The van der Waals surface area contributed by atoms with Crippen LogP contribution in [0.15, 0.2) is 70.5 Å². The molecule has 40 heavy (non-hydrogen) atoms. The van der Waals surface area contributed by atoms with Crippen LogP contribution >= 0.6 is 0 Å². The van der Waals surface area contributed by atoms with Gasteiger partial charge in [-0.3, -0.25) is 0 Å². The molecule has 5 rings (SSSR count). The maximum Gasteiger partial charge on any atom is 0.379 e. The van der Waals surface area contributed by atoms with E-state index >= 15 is 0 Å². The Morgan fingerprint density at radius 1 is 1.00 bits per heavy atom. The van der Waals surface area contributed by atoms with E-state index in [1.54, 1.807) is 18.2 Å². The number of nitrogens with zero attached hydrogens (tertiary/aromatic N) is 1. The Balaban J connectivity index is 1.48. The maximum absolute atomic E-state index is 13.1. The summed E-state index contributed by atoms with van der Waals surface area (Å²) in [4.78, 5) is 13.1. The predicted octanol–water partition coefficient (Wildman–Crippen LogP) is 6.54. The van der Waals surface area contributed by atoms with Gasteiger partial charge in [0.1, 0.15) is 28.7 Å². The zero-order valence-corrected chi connectivity index (χ0v) is 22.9. The smallest absolute Gasteiger partial charge is 0.379 e. The molecule has 0 saturated carbocycles. The molecule has 1 atom stereocenters. The summed E-state index contributed by atoms with van der Waals surface area (Å²) in [6.45, 7) is 8.65. The number of hydrogen-bond donors (Lipinski definition) is 1. The first-order valence-electron chi connectivity index (χ1n) is 13.2. The van der Waals surface area contributed by atoms with Gasteiger partial charge in [-0.1, -0.05) is 25.1 Å². The van der Waals surface area contributed by atoms with Gasteiger partial charge in [-0.2, -0.15) is 5.26 Å². The highest BCUT2D eigenvalue weighted by molar-refractivity contribution is 5.97. The third-order valence-corrected chi connectivity index (χ3v) is 6.90. The van der Waals surface area contributed by atoms with E-state index in [1.807, 2.05) is 57.2 Å². The first-order valence-corrected chi connectivity index (χ1v) is 13.2. The molecule has 0 radical (unpaired) electrons. The molecule has 3 aromatic carbocycles. The van der Waals surface area contributed by atoms with Crippen molar-refractivity contribution in [1.29, 1.82) is 5.26 Å². The van der Waals surface area contributed by atoms with E-state index in [0.29, 0.717) is 41.6 Å². The SMILES string of the molecule is CCOc1ccc(C2C(C#N)=C(N)Oc3cc(OC(=O)c4oc5ccc(CC)cc5c4C)ccc32)cc1OCC. The van der Waals surface area contributed by atoms with Crippen LogP contribution in [0.1, 0.15) is 59.5 Å². The second-order valence-electron chi connectivity index (χ2n) is 9.33. The van der Waals surface area contributed by atoms with Crippen molar-refractivity contribution in [1.82, 2.24) is 0 Å². The Labute approximate surface area is 232 Å². The average Bonchev–Trinajstić information content (AvgIpc) is 3.29. The molecule has 0 spiro atoms. The van der Waals surface area contributed by atoms with Crippen LogP contribution in [0.25, 0.3) is 11.0 Å². The van der Waals surface area contributed by atoms with Gasteiger partial charge >= 0.3 is 5.97 Å². The average molecular weight is 539 g/mol. The predicted molar refractivity (Wildman–Crippen MR) is 150 cm³/mol. The van der Waals surface area contributed by atoms with Gasteiger partial charge in [-0.05, 0) is 68.7 Å². The molecule has 204 valence electrons. The fraction of sp³-hybridized carbons (Fsp3) is 0.250. The largest absolute Gasteiger partial charge is 0.490 e. The second-order valence-corrected chi connectivity index (χ2v) is 9.33. The Hall–Kier alpha value is -4.90. The van der Waals surface area contributed by atoms with Crippen LogP contribution in [-0.2, 0) is 6.42 Å². The third kappa shape index (κ3) is 4.82. The van der Waals surface area contributed by atoms with E-state index in [2.05, 4.69) is 13.0 Å². The van der Waals surface area contributed by atoms with Gasteiger partial charge in [0.05, 0.1) is 19.1 Å². The summed E-state index contributed by atoms with van der Waals surface area (Å²) in [7, 11) is 0. The van der Waals surface area contributed by atoms with Crippen molar-refractivity contribution in [3.8, 4) is 29.1 Å². The third-order valence-electron chi connectivity index (χ3n) is 6.90. The minimum atomic E-state index is -0.617. The van der Waals surface area contributed by atoms with Crippen molar-refractivity contribution >= 4 is 16.9 Å². The van der Waals surface area contributed by atoms with Crippen molar-refractivity contribution in [3.05, 3.63) is 94.1 Å². The lowest BCUT2D eigenvalue weighted by Crippen LogP contribution is -2.21. The zero-order valence-electron chi connectivity index (χ0n) is 22.9. The normalized spacial score (nSPS) is 14.3. The number of furan rings is 1. The minimum Gasteiger partial charge on any atom is -0.490 e. The number of fused-ring (bicyclic) bond motifs is 2. The van der Waals surface area contributed by atoms with E-state index in [9.17, 15) is 10.1 Å². The molecule has 0 saturated heterocycles. The molecular formula is C32H30N2O6. The van der Waals surface area contributed by atoms with Crippen LogP contribution in [0, 0.1) is 18.3 Å². The molecular weight excluding hydrogens is 508 g/mol. The molecule has 1 aliphatic heterocycles. The Kier molecular flexibility index (Phi) is 7.39. The molecule has 0 aliphatic carbocycles. The number of aryl methyl sites for hydroxylation is 2. The quantitative estimate of drug-likeness (QED) is 0.199. The molecule has 0 bridgehead atoms. The number of allylic oxidation sites excluding steroid dienone is 1. The summed E-state index contributed by atoms with van der Waals surface area (Å²) >= 11 is 0. The Morgan fingerprint density at radius 3 is 2.50 bits per heavy atom. The number of esters is 1. The van der Waals surface area contributed by atoms with E-state index < -0.39 is 11.9 Å². The van der Waals surface area contributed by atoms with Crippen molar-refractivity contribution in [2.24, 2.45) is 5.73 Å². The van der Waals surface area contributed by atoms with Gasteiger partial charge in [-0.15, -0.1) is 0 Å². The summed E-state index contributed by atoms with van der Waals surface area (Å²) in [5, 5.41) is 10.8. The lowest BCUT2D eigenvalue weighted by atomic mass is 9.83. The van der Waals surface area contributed by atoms with Crippen molar-refractivity contribution < 1.29 is 28.2 Å². The van der Waals surface area contributed by atoms with Crippen molar-refractivity contribution in [2.45, 2.75) is 40.0 Å². The van der Waals surface area contributed by atoms with Crippen LogP contribution in [0.4, 0.5) is 0 Å². The Bertz CT molecular complexity index is 1680. The number of carbonyl (C=O) groups excluding carboxylic acids is 1. The maximum atomic E-state index is 13.1. The van der Waals surface area contributed by atoms with Gasteiger partial charge in [0.25, 0.3) is 0 Å². The molecule has 2 heterocycles. The summed E-state index contributed by atoms with van der Waals surface area (Å²) in [6, 6.07) is 18.6. The number of ether oxygens (including phenoxy) is 4. The first-order chi connectivity index (χ1) is 19.4. The molecule has 8 nitrogen and oxygen atoms in total. The summed E-state index contributed by atoms with van der Waals surface area (Å²) < 4.78 is 28.8. The number of hydrogen-bond acceptors (Lipinski definition) is 8. The monoisotopic (exact) mass is 538 g/mol. The number of carbonyl (C=O) groups is 1. The van der Waals surface area contributed by atoms with E-state index in [1.165, 1.54) is 0 Å². The summed E-state index contributed by atoms with van der Waals surface area (Å²) in [5.74, 6) is 0.818. The molecule has 1 unspecified atom stereocenters. The van der Waals surface area contributed by atoms with Crippen LogP contribution in [0.5, 0.6) is 23.0 Å². The molecule has 1 aromatic heterocycles. The lowest BCUT2D eigenvalue weighted by molar-refractivity contribution is 0.0702. The van der Waals surface area contributed by atoms with E-state index in [0.717, 1.165) is 28.5 Å². The van der Waals surface area contributed by atoms with E-state index in [-0.39, 0.29) is 23.0 Å². The van der Waals surface area contributed by atoms with Crippen LogP contribution in [-0.4, -0.2) is 19.2 Å². The molecule has 8 heteroatoms. The van der Waals surface area contributed by atoms with E-state index in [4.69, 9.17) is 29.1 Å². The molecule has 4 aromatic rings. The van der Waals surface area contributed by atoms with Gasteiger partial charge in [0.2, 0.25) is 11.6 Å². The molecule has 0 fully saturated rings. The highest BCUT2D eigenvalue weighted by atomic mass is 16.5. The standard InChI is InChI=1S/C32H30N2O6/c1-5-19-8-12-25-23(14-19)18(4)30(39-25)32(35)38-21-10-11-22-27(16-21)40-31(34)24(17-33)29(22)20-9-13-26(36-6-2)28(15-20)37-7-3/h8-16,29H,5-7,34H2,1-4H3. The molecule has 1 aliphatic rings. The van der Waals surface area contributed by atoms with Crippen LogP contribution in [0.3, 0.4) is 0 Å². The van der Waals surface area contributed by atoms with Crippen LogP contribution in [0.2, 0.25) is 0 Å². The zero-order chi connectivity index (χ0) is 28.4. The minimum absolute atomic E-state index is 0.0184. The topological polar surface area (TPSA) is 117 Å². The van der Waals surface area contributed by atoms with Gasteiger partial charge in [0, 0.05) is 22.6 Å². The Morgan fingerprint density at radius 2 is 1.77 bits per heavy atom. The number of nitriles is 1. The van der Waals surface area contributed by atoms with Gasteiger partial charge in [-0.25, -0.2) is 4.79 Å². The number of benzene rings is 3. The van der Waals surface area contributed by atoms with Crippen molar-refractivity contribution in [3.63, 3.8) is 0 Å².